The molecule has 29 heavy (non-hydrogen) atoms. The number of nitrogens with zero attached hydrogens (tertiary/aromatic N) is 3. The summed E-state index contributed by atoms with van der Waals surface area (Å²) in [5.41, 5.74) is 13.4. The van der Waals surface area contributed by atoms with E-state index in [2.05, 4.69) is 26.0 Å². The molecule has 0 fully saturated rings. The minimum absolute atomic E-state index is 0.0851. The van der Waals surface area contributed by atoms with Crippen LogP contribution < -0.4 is 21.7 Å². The van der Waals surface area contributed by atoms with Gasteiger partial charge in [-0.1, -0.05) is 19.0 Å². The van der Waals surface area contributed by atoms with Gasteiger partial charge in [-0.05, 0) is 18.4 Å². The molecule has 0 aromatic carbocycles. The van der Waals surface area contributed by atoms with Gasteiger partial charge >= 0.3 is 0 Å². The molecule has 0 aromatic rings. The molecule has 0 aliphatic carbocycles. The number of nitrogens with two attached hydrogens (primary N) is 1. The van der Waals surface area contributed by atoms with Crippen molar-refractivity contribution in [3.8, 4) is 0 Å². The van der Waals surface area contributed by atoms with Crippen LogP contribution in [0.2, 0.25) is 0 Å². The molecule has 0 aromatic heterocycles. The van der Waals surface area contributed by atoms with Gasteiger partial charge < -0.3 is 31.2 Å². The summed E-state index contributed by atoms with van der Waals surface area (Å²) in [7, 11) is 0. The number of hydrogen-bond donors (Lipinski definition) is 4. The van der Waals surface area contributed by atoms with E-state index in [0.29, 0.717) is 32.9 Å². The molecule has 0 aliphatic rings. The van der Waals surface area contributed by atoms with E-state index < -0.39 is 18.0 Å². The molecule has 0 aliphatic heterocycles. The van der Waals surface area contributed by atoms with E-state index >= 15 is 0 Å². The number of hydrogen-bond acceptors (Lipinski definition) is 7. The molecule has 0 saturated heterocycles. The second kappa shape index (κ2) is 16.5. The van der Waals surface area contributed by atoms with E-state index in [4.69, 9.17) is 20.7 Å². The predicted octanol–water partition coefficient (Wildman–Crippen LogP) is -0.560. The van der Waals surface area contributed by atoms with Crippen molar-refractivity contribution in [3.05, 3.63) is 10.4 Å². The molecule has 0 rings (SSSR count). The van der Waals surface area contributed by atoms with Crippen molar-refractivity contribution in [1.29, 1.82) is 0 Å². The number of nitrogens with one attached hydrogen (secondary N) is 3. The number of ether oxygens (including phenoxy) is 2. The highest BCUT2D eigenvalue weighted by Crippen LogP contribution is 2.03. The number of amides is 3. The van der Waals surface area contributed by atoms with Gasteiger partial charge in [-0.15, -0.1) is 0 Å². The first-order valence-corrected chi connectivity index (χ1v) is 9.57. The summed E-state index contributed by atoms with van der Waals surface area (Å²) >= 11 is 0. The van der Waals surface area contributed by atoms with Gasteiger partial charge in [-0.25, -0.2) is 0 Å². The lowest BCUT2D eigenvalue weighted by molar-refractivity contribution is -0.133. The Bertz CT molecular complexity index is 552. The van der Waals surface area contributed by atoms with E-state index in [0.717, 1.165) is 0 Å². The second-order valence-corrected chi connectivity index (χ2v) is 6.53. The summed E-state index contributed by atoms with van der Waals surface area (Å²) < 4.78 is 10.5. The molecular weight excluding hydrogens is 382 g/mol. The Balaban J connectivity index is 4.20. The van der Waals surface area contributed by atoms with Gasteiger partial charge in [0, 0.05) is 31.0 Å². The number of rotatable bonds is 16. The molecule has 0 saturated carbocycles. The maximum absolute atomic E-state index is 12.4. The topological polar surface area (TPSA) is 181 Å². The molecule has 5 N–H and O–H groups in total. The summed E-state index contributed by atoms with van der Waals surface area (Å²) in [5.74, 6) is -1.27. The molecule has 0 unspecified atom stereocenters. The van der Waals surface area contributed by atoms with Crippen molar-refractivity contribution in [3.63, 3.8) is 0 Å². The normalized spacial score (nSPS) is 12.6. The molecule has 0 radical (unpaired) electrons. The fraction of sp³-hybridized carbons (Fsp3) is 0.824. The van der Waals surface area contributed by atoms with Crippen molar-refractivity contribution in [2.24, 2.45) is 16.8 Å². The monoisotopic (exact) mass is 415 g/mol. The molecule has 0 heterocycles. The Morgan fingerprint density at radius 1 is 1.03 bits per heavy atom. The average molecular weight is 415 g/mol. The molecule has 0 spiro atoms. The third-order valence-electron chi connectivity index (χ3n) is 3.71. The molecule has 3 amide bonds. The molecule has 166 valence electrons. The lowest BCUT2D eigenvalue weighted by atomic mass is 10.0. The van der Waals surface area contributed by atoms with Crippen LogP contribution in [0.25, 0.3) is 10.4 Å². The fourth-order valence-electron chi connectivity index (χ4n) is 2.13. The second-order valence-electron chi connectivity index (χ2n) is 6.53. The van der Waals surface area contributed by atoms with E-state index in [9.17, 15) is 14.4 Å². The van der Waals surface area contributed by atoms with Gasteiger partial charge in [0.2, 0.25) is 17.7 Å². The van der Waals surface area contributed by atoms with Crippen molar-refractivity contribution in [2.75, 3.05) is 46.1 Å². The number of azide groups is 1. The minimum atomic E-state index is -0.767. The highest BCUT2D eigenvalue weighted by molar-refractivity contribution is 5.92. The van der Waals surface area contributed by atoms with Crippen molar-refractivity contribution in [2.45, 2.75) is 39.3 Å². The quantitative estimate of drug-likeness (QED) is 0.113. The zero-order valence-corrected chi connectivity index (χ0v) is 17.3. The van der Waals surface area contributed by atoms with Crippen LogP contribution in [0.15, 0.2) is 5.11 Å². The van der Waals surface area contributed by atoms with Crippen LogP contribution in [0, 0.1) is 5.92 Å². The first-order valence-electron chi connectivity index (χ1n) is 9.57. The molecule has 12 heteroatoms. The molecule has 0 bridgehead atoms. The first kappa shape index (κ1) is 26.6. The standard InChI is InChI=1S/C17H33N7O5/c1-12(2)15(17(27)22-13(3)16(26)20-6-5-18)23-14(25)4-8-28-10-11-29-9-7-21-24-19/h12-13,15H,4-11,18H2,1-3H3,(H,20,26)(H,22,27)(H,23,25)/t13-,15-/m0/s1. The van der Waals surface area contributed by atoms with Crippen LogP contribution in [0.4, 0.5) is 0 Å². The summed E-state index contributed by atoms with van der Waals surface area (Å²) in [6, 6.07) is -1.51. The van der Waals surface area contributed by atoms with Crippen molar-refractivity contribution >= 4 is 17.7 Å². The third kappa shape index (κ3) is 13.4. The van der Waals surface area contributed by atoms with Crippen LogP contribution in [0.1, 0.15) is 27.2 Å². The number of carbonyl (C=O) groups is 3. The van der Waals surface area contributed by atoms with E-state index in [1.807, 2.05) is 0 Å². The Morgan fingerprint density at radius 2 is 1.69 bits per heavy atom. The van der Waals surface area contributed by atoms with Gasteiger partial charge in [0.15, 0.2) is 0 Å². The maximum atomic E-state index is 12.4. The van der Waals surface area contributed by atoms with Gasteiger partial charge in [0.05, 0.1) is 26.4 Å². The van der Waals surface area contributed by atoms with Gasteiger partial charge in [0.25, 0.3) is 0 Å². The van der Waals surface area contributed by atoms with Crippen LogP contribution in [0.3, 0.4) is 0 Å². The van der Waals surface area contributed by atoms with Crippen molar-refractivity contribution < 1.29 is 23.9 Å². The van der Waals surface area contributed by atoms with E-state index in [-0.39, 0.29) is 37.3 Å². The first-order chi connectivity index (χ1) is 13.8. The SMILES string of the molecule is CC(C)[C@H](NC(=O)CCOCCOCCN=[N+]=[N-])C(=O)N[C@@H](C)C(=O)NCCN. The minimum Gasteiger partial charge on any atom is -0.379 e. The summed E-state index contributed by atoms with van der Waals surface area (Å²) in [5, 5.41) is 11.2. The summed E-state index contributed by atoms with van der Waals surface area (Å²) in [6.07, 6.45) is 0.0851. The van der Waals surface area contributed by atoms with Crippen LogP contribution >= 0.6 is 0 Å². The van der Waals surface area contributed by atoms with Gasteiger partial charge in [-0.3, -0.25) is 14.4 Å². The van der Waals surface area contributed by atoms with Crippen LogP contribution in [-0.2, 0) is 23.9 Å². The Kier molecular flexibility index (Phi) is 15.2. The lowest BCUT2D eigenvalue weighted by Crippen LogP contribution is -2.54. The zero-order valence-electron chi connectivity index (χ0n) is 17.3. The fourth-order valence-corrected chi connectivity index (χ4v) is 2.13. The molecule has 2 atom stereocenters. The average Bonchev–Trinajstić information content (AvgIpc) is 2.68. The lowest BCUT2D eigenvalue weighted by Gasteiger charge is -2.23. The molecular formula is C17H33N7O5. The molecule has 12 nitrogen and oxygen atoms in total. The van der Waals surface area contributed by atoms with E-state index in [1.54, 1.807) is 20.8 Å². The van der Waals surface area contributed by atoms with Crippen molar-refractivity contribution in [1.82, 2.24) is 16.0 Å². The van der Waals surface area contributed by atoms with Crippen LogP contribution in [-0.4, -0.2) is 75.9 Å². The third-order valence-corrected chi connectivity index (χ3v) is 3.71. The zero-order chi connectivity index (χ0) is 22.1. The Labute approximate surface area is 170 Å². The smallest absolute Gasteiger partial charge is 0.243 e. The largest absolute Gasteiger partial charge is 0.379 e. The van der Waals surface area contributed by atoms with Gasteiger partial charge in [-0.2, -0.15) is 0 Å². The Hall–Kier alpha value is -2.40. The maximum Gasteiger partial charge on any atom is 0.243 e. The highest BCUT2D eigenvalue weighted by Gasteiger charge is 2.26. The van der Waals surface area contributed by atoms with Crippen LogP contribution in [0.5, 0.6) is 0 Å². The van der Waals surface area contributed by atoms with Gasteiger partial charge in [0.1, 0.15) is 12.1 Å². The summed E-state index contributed by atoms with van der Waals surface area (Å²) in [4.78, 5) is 39.0. The number of carbonyl (C=O) groups excluding carboxylic acids is 3. The highest BCUT2D eigenvalue weighted by atomic mass is 16.5. The predicted molar refractivity (Wildman–Crippen MR) is 107 cm³/mol. The summed E-state index contributed by atoms with van der Waals surface area (Å²) in [6.45, 7) is 7.15. The van der Waals surface area contributed by atoms with E-state index in [1.165, 1.54) is 0 Å². The Morgan fingerprint density at radius 3 is 2.28 bits per heavy atom.